The number of aliphatic hydroxyl groups is 1. The highest BCUT2D eigenvalue weighted by molar-refractivity contribution is 5.38. The van der Waals surface area contributed by atoms with Gasteiger partial charge in [0.05, 0.1) is 29.7 Å². The average Bonchev–Trinajstić information content (AvgIpc) is 2.62. The number of nitrogens with zero attached hydrogens (tertiary/aromatic N) is 3. The zero-order valence-corrected chi connectivity index (χ0v) is 15.9. The molecule has 0 amide bonds. The fraction of sp³-hybridized carbons (Fsp3) is 0.750. The van der Waals surface area contributed by atoms with Crippen molar-refractivity contribution in [3.05, 3.63) is 17.5 Å². The van der Waals surface area contributed by atoms with E-state index in [1.165, 1.54) is 0 Å². The summed E-state index contributed by atoms with van der Waals surface area (Å²) in [6.07, 6.45) is 10.4. The van der Waals surface area contributed by atoms with Crippen LogP contribution in [0.3, 0.4) is 0 Å². The SMILES string of the molecule is COC1CCC(C)(Nc2ncc(C#N)c(C[C@@H]3CCC[C@H](O)C3)n2)CC1. The van der Waals surface area contributed by atoms with Crippen LogP contribution in [-0.2, 0) is 11.2 Å². The summed E-state index contributed by atoms with van der Waals surface area (Å²) in [5, 5.41) is 22.8. The molecule has 0 radical (unpaired) electrons. The van der Waals surface area contributed by atoms with E-state index in [0.29, 0.717) is 23.5 Å². The average molecular weight is 358 g/mol. The Bertz CT molecular complexity index is 650. The molecule has 0 saturated heterocycles. The Kier molecular flexibility index (Phi) is 6.10. The van der Waals surface area contributed by atoms with Gasteiger partial charge in [-0.05, 0) is 64.2 Å². The summed E-state index contributed by atoms with van der Waals surface area (Å²) in [4.78, 5) is 9.05. The van der Waals surface area contributed by atoms with Crippen molar-refractivity contribution in [3.8, 4) is 6.07 Å². The third kappa shape index (κ3) is 4.72. The number of aromatic nitrogens is 2. The van der Waals surface area contributed by atoms with Crippen molar-refractivity contribution in [3.63, 3.8) is 0 Å². The maximum atomic E-state index is 9.91. The predicted octanol–water partition coefficient (Wildman–Crippen LogP) is 3.20. The maximum Gasteiger partial charge on any atom is 0.223 e. The molecule has 3 rings (SSSR count). The summed E-state index contributed by atoms with van der Waals surface area (Å²) < 4.78 is 5.46. The van der Waals surface area contributed by atoms with E-state index in [0.717, 1.165) is 63.5 Å². The van der Waals surface area contributed by atoms with Gasteiger partial charge in [0, 0.05) is 12.6 Å². The van der Waals surface area contributed by atoms with Gasteiger partial charge < -0.3 is 15.2 Å². The van der Waals surface area contributed by atoms with E-state index >= 15 is 0 Å². The standard InChI is InChI=1S/C20H30N4O2/c1-20(8-6-17(26-2)7-9-20)24-19-22-13-15(12-21)18(23-19)11-14-4-3-5-16(25)10-14/h13-14,16-17,25H,3-11H2,1-2H3,(H,22,23,24)/t14-,16+,17?,20?/m1/s1. The van der Waals surface area contributed by atoms with Gasteiger partial charge in [0.1, 0.15) is 6.07 Å². The molecule has 0 aromatic carbocycles. The lowest BCUT2D eigenvalue weighted by Crippen LogP contribution is -2.41. The highest BCUT2D eigenvalue weighted by Gasteiger charge is 2.32. The second kappa shape index (κ2) is 8.32. The Balaban J connectivity index is 1.70. The highest BCUT2D eigenvalue weighted by Crippen LogP contribution is 2.32. The van der Waals surface area contributed by atoms with Gasteiger partial charge in [0.25, 0.3) is 0 Å². The van der Waals surface area contributed by atoms with Gasteiger partial charge in [0.2, 0.25) is 5.95 Å². The molecule has 142 valence electrons. The molecule has 26 heavy (non-hydrogen) atoms. The minimum atomic E-state index is -0.214. The number of methoxy groups -OCH3 is 1. The van der Waals surface area contributed by atoms with Gasteiger partial charge in [-0.1, -0.05) is 6.42 Å². The topological polar surface area (TPSA) is 91.1 Å². The van der Waals surface area contributed by atoms with Gasteiger partial charge in [-0.25, -0.2) is 9.97 Å². The number of aliphatic hydroxyl groups excluding tert-OH is 1. The summed E-state index contributed by atoms with van der Waals surface area (Å²) in [5.41, 5.74) is 1.31. The first-order valence-corrected chi connectivity index (χ1v) is 9.76. The van der Waals surface area contributed by atoms with Crippen molar-refractivity contribution in [2.24, 2.45) is 5.92 Å². The number of ether oxygens (including phenoxy) is 1. The molecule has 0 unspecified atom stereocenters. The van der Waals surface area contributed by atoms with E-state index in [9.17, 15) is 10.4 Å². The summed E-state index contributed by atoms with van der Waals surface area (Å²) in [7, 11) is 1.78. The van der Waals surface area contributed by atoms with E-state index in [-0.39, 0.29) is 11.6 Å². The smallest absolute Gasteiger partial charge is 0.223 e. The Morgan fingerprint density at radius 3 is 2.77 bits per heavy atom. The molecule has 6 nitrogen and oxygen atoms in total. The molecule has 2 aliphatic rings. The molecule has 2 fully saturated rings. The van der Waals surface area contributed by atoms with E-state index in [2.05, 4.69) is 28.3 Å². The molecule has 2 aliphatic carbocycles. The van der Waals surface area contributed by atoms with E-state index in [4.69, 9.17) is 4.74 Å². The number of nitrogens with one attached hydrogen (secondary N) is 1. The van der Waals surface area contributed by atoms with Crippen LogP contribution >= 0.6 is 0 Å². The molecular weight excluding hydrogens is 328 g/mol. The molecule has 2 atom stereocenters. The number of rotatable bonds is 5. The maximum absolute atomic E-state index is 9.91. The second-order valence-corrected chi connectivity index (χ2v) is 8.18. The monoisotopic (exact) mass is 358 g/mol. The molecule has 1 aromatic rings. The Morgan fingerprint density at radius 2 is 2.12 bits per heavy atom. The minimum Gasteiger partial charge on any atom is -0.393 e. The minimum absolute atomic E-state index is 0.0402. The van der Waals surface area contributed by atoms with Gasteiger partial charge in [-0.3, -0.25) is 0 Å². The normalized spacial score (nSPS) is 32.0. The fourth-order valence-corrected chi connectivity index (χ4v) is 4.31. The lowest BCUT2D eigenvalue weighted by molar-refractivity contribution is 0.0563. The molecule has 0 spiro atoms. The zero-order chi connectivity index (χ0) is 18.6. The van der Waals surface area contributed by atoms with Gasteiger partial charge in [-0.2, -0.15) is 5.26 Å². The summed E-state index contributed by atoms with van der Waals surface area (Å²) in [6.45, 7) is 2.21. The van der Waals surface area contributed by atoms with Crippen LogP contribution in [-0.4, -0.2) is 39.9 Å². The Hall–Kier alpha value is -1.71. The van der Waals surface area contributed by atoms with Crippen molar-refractivity contribution in [1.29, 1.82) is 5.26 Å². The quantitative estimate of drug-likeness (QED) is 0.840. The first-order chi connectivity index (χ1) is 12.5. The van der Waals surface area contributed by atoms with Gasteiger partial charge >= 0.3 is 0 Å². The second-order valence-electron chi connectivity index (χ2n) is 8.18. The lowest BCUT2D eigenvalue weighted by atomic mass is 9.82. The van der Waals surface area contributed by atoms with Crippen molar-refractivity contribution >= 4 is 5.95 Å². The molecule has 1 aromatic heterocycles. The Morgan fingerprint density at radius 1 is 1.35 bits per heavy atom. The van der Waals surface area contributed by atoms with E-state index < -0.39 is 0 Å². The Labute approximate surface area is 156 Å². The van der Waals surface area contributed by atoms with Crippen LogP contribution < -0.4 is 5.32 Å². The van der Waals surface area contributed by atoms with Crippen LogP contribution in [0.25, 0.3) is 0 Å². The summed E-state index contributed by atoms with van der Waals surface area (Å²) in [6, 6.07) is 2.22. The molecule has 6 heteroatoms. The number of nitriles is 1. The van der Waals surface area contributed by atoms with Crippen LogP contribution in [0, 0.1) is 17.2 Å². The summed E-state index contributed by atoms with van der Waals surface area (Å²) in [5.74, 6) is 0.995. The molecular formula is C20H30N4O2. The number of anilines is 1. The summed E-state index contributed by atoms with van der Waals surface area (Å²) >= 11 is 0. The van der Waals surface area contributed by atoms with Crippen molar-refractivity contribution in [1.82, 2.24) is 9.97 Å². The number of hydrogen-bond donors (Lipinski definition) is 2. The van der Waals surface area contributed by atoms with Crippen LogP contribution in [0.2, 0.25) is 0 Å². The molecule has 1 heterocycles. The largest absolute Gasteiger partial charge is 0.393 e. The fourth-order valence-electron chi connectivity index (χ4n) is 4.31. The molecule has 2 saturated carbocycles. The van der Waals surface area contributed by atoms with E-state index in [1.807, 2.05) is 0 Å². The van der Waals surface area contributed by atoms with Crippen molar-refractivity contribution in [2.75, 3.05) is 12.4 Å². The van der Waals surface area contributed by atoms with E-state index in [1.54, 1.807) is 13.3 Å². The van der Waals surface area contributed by atoms with Crippen LogP contribution in [0.5, 0.6) is 0 Å². The van der Waals surface area contributed by atoms with Gasteiger partial charge in [-0.15, -0.1) is 0 Å². The third-order valence-corrected chi connectivity index (χ3v) is 6.01. The van der Waals surface area contributed by atoms with Crippen LogP contribution in [0.15, 0.2) is 6.20 Å². The van der Waals surface area contributed by atoms with Crippen molar-refractivity contribution < 1.29 is 9.84 Å². The number of hydrogen-bond acceptors (Lipinski definition) is 6. The third-order valence-electron chi connectivity index (χ3n) is 6.01. The zero-order valence-electron chi connectivity index (χ0n) is 15.9. The van der Waals surface area contributed by atoms with Crippen LogP contribution in [0.4, 0.5) is 5.95 Å². The van der Waals surface area contributed by atoms with Crippen LogP contribution in [0.1, 0.15) is 69.5 Å². The first-order valence-electron chi connectivity index (χ1n) is 9.76. The lowest BCUT2D eigenvalue weighted by Gasteiger charge is -2.37. The van der Waals surface area contributed by atoms with Crippen molar-refractivity contribution in [2.45, 2.75) is 82.5 Å². The predicted molar refractivity (Wildman–Crippen MR) is 99.7 cm³/mol. The molecule has 0 aliphatic heterocycles. The molecule has 2 N–H and O–H groups in total. The molecule has 0 bridgehead atoms. The van der Waals surface area contributed by atoms with Gasteiger partial charge in [0.15, 0.2) is 0 Å². The highest BCUT2D eigenvalue weighted by atomic mass is 16.5. The first kappa shape index (κ1) is 19.1.